The Balaban J connectivity index is 1.74. The highest BCUT2D eigenvalue weighted by Crippen LogP contribution is 2.40. The van der Waals surface area contributed by atoms with Gasteiger partial charge in [-0.15, -0.1) is 0 Å². The van der Waals surface area contributed by atoms with Crippen molar-refractivity contribution < 1.29 is 5.11 Å². The van der Waals surface area contributed by atoms with Gasteiger partial charge in [-0.25, -0.2) is 0 Å². The van der Waals surface area contributed by atoms with E-state index in [0.717, 1.165) is 18.4 Å². The van der Waals surface area contributed by atoms with Crippen LogP contribution >= 0.6 is 0 Å². The number of aliphatic hydroxyl groups is 1. The van der Waals surface area contributed by atoms with E-state index in [1.54, 1.807) is 0 Å². The van der Waals surface area contributed by atoms with E-state index in [2.05, 4.69) is 26.1 Å². The van der Waals surface area contributed by atoms with Crippen molar-refractivity contribution in [2.75, 3.05) is 13.2 Å². The molecule has 0 saturated heterocycles. The maximum Gasteiger partial charge on any atom is 0.0613 e. The van der Waals surface area contributed by atoms with E-state index in [9.17, 15) is 5.11 Å². The Kier molecular flexibility index (Phi) is 4.94. The summed E-state index contributed by atoms with van der Waals surface area (Å²) >= 11 is 0. The van der Waals surface area contributed by atoms with Gasteiger partial charge in [0.2, 0.25) is 0 Å². The summed E-state index contributed by atoms with van der Waals surface area (Å²) < 4.78 is 0. The molecule has 2 heteroatoms. The lowest BCUT2D eigenvalue weighted by Gasteiger charge is -2.38. The molecule has 2 fully saturated rings. The van der Waals surface area contributed by atoms with Gasteiger partial charge in [0, 0.05) is 5.54 Å². The number of rotatable bonds is 4. The average molecular weight is 267 g/mol. The van der Waals surface area contributed by atoms with Crippen LogP contribution < -0.4 is 5.32 Å². The molecular weight excluding hydrogens is 234 g/mol. The van der Waals surface area contributed by atoms with Gasteiger partial charge in [-0.2, -0.15) is 0 Å². The van der Waals surface area contributed by atoms with E-state index in [1.165, 1.54) is 51.4 Å². The SMILES string of the molecule is CC(C)(C)C1CCC(CNC2(CO)CCCC2)CC1. The maximum atomic E-state index is 9.63. The summed E-state index contributed by atoms with van der Waals surface area (Å²) in [7, 11) is 0. The Morgan fingerprint density at radius 1 is 1.05 bits per heavy atom. The third-order valence-electron chi connectivity index (χ3n) is 5.70. The van der Waals surface area contributed by atoms with Crippen LogP contribution in [0.5, 0.6) is 0 Å². The van der Waals surface area contributed by atoms with Crippen LogP contribution in [0, 0.1) is 17.3 Å². The fourth-order valence-electron chi connectivity index (χ4n) is 4.04. The molecule has 0 spiro atoms. The zero-order valence-electron chi connectivity index (χ0n) is 13.2. The van der Waals surface area contributed by atoms with Crippen molar-refractivity contribution in [3.63, 3.8) is 0 Å². The summed E-state index contributed by atoms with van der Waals surface area (Å²) in [5.74, 6) is 1.74. The molecule has 112 valence electrons. The molecule has 19 heavy (non-hydrogen) atoms. The van der Waals surface area contributed by atoms with E-state index >= 15 is 0 Å². The molecule has 0 bridgehead atoms. The Morgan fingerprint density at radius 3 is 2.11 bits per heavy atom. The van der Waals surface area contributed by atoms with E-state index in [0.29, 0.717) is 12.0 Å². The minimum absolute atomic E-state index is 0.0703. The van der Waals surface area contributed by atoms with E-state index < -0.39 is 0 Å². The van der Waals surface area contributed by atoms with Gasteiger partial charge in [0.25, 0.3) is 0 Å². The monoisotopic (exact) mass is 267 g/mol. The molecular formula is C17H33NO. The van der Waals surface area contributed by atoms with Crippen molar-refractivity contribution in [2.24, 2.45) is 17.3 Å². The zero-order chi connectivity index (χ0) is 13.9. The summed E-state index contributed by atoms with van der Waals surface area (Å²) in [6.45, 7) is 8.60. The summed E-state index contributed by atoms with van der Waals surface area (Å²) in [5, 5.41) is 13.4. The molecule has 0 amide bonds. The van der Waals surface area contributed by atoms with Crippen molar-refractivity contribution in [1.82, 2.24) is 5.32 Å². The fraction of sp³-hybridized carbons (Fsp3) is 1.00. The van der Waals surface area contributed by atoms with Gasteiger partial charge in [-0.3, -0.25) is 0 Å². The van der Waals surface area contributed by atoms with Crippen LogP contribution in [0.2, 0.25) is 0 Å². The third-order valence-corrected chi connectivity index (χ3v) is 5.70. The van der Waals surface area contributed by atoms with Crippen LogP contribution in [-0.4, -0.2) is 23.8 Å². The molecule has 2 rings (SSSR count). The second-order valence-corrected chi connectivity index (χ2v) is 8.11. The minimum atomic E-state index is 0.0703. The van der Waals surface area contributed by atoms with Crippen LogP contribution in [0.15, 0.2) is 0 Å². The standard InChI is InChI=1S/C17H33NO/c1-16(2,3)15-8-6-14(7-9-15)12-18-17(13-19)10-4-5-11-17/h14-15,18-19H,4-13H2,1-3H3. The highest BCUT2D eigenvalue weighted by Gasteiger charge is 2.34. The number of hydrogen-bond donors (Lipinski definition) is 2. The van der Waals surface area contributed by atoms with Gasteiger partial charge in [0.1, 0.15) is 0 Å². The van der Waals surface area contributed by atoms with Gasteiger partial charge in [-0.1, -0.05) is 33.6 Å². The average Bonchev–Trinajstić information content (AvgIpc) is 2.85. The molecule has 0 aromatic carbocycles. The largest absolute Gasteiger partial charge is 0.394 e. The molecule has 2 nitrogen and oxygen atoms in total. The molecule has 2 aliphatic carbocycles. The zero-order valence-corrected chi connectivity index (χ0v) is 13.2. The highest BCUT2D eigenvalue weighted by atomic mass is 16.3. The third kappa shape index (κ3) is 3.95. The van der Waals surface area contributed by atoms with Gasteiger partial charge >= 0.3 is 0 Å². The summed E-state index contributed by atoms with van der Waals surface area (Å²) in [6.07, 6.45) is 10.4. The molecule has 0 heterocycles. The highest BCUT2D eigenvalue weighted by molar-refractivity contribution is 4.93. The molecule has 0 radical (unpaired) electrons. The van der Waals surface area contributed by atoms with E-state index in [-0.39, 0.29) is 5.54 Å². The second-order valence-electron chi connectivity index (χ2n) is 8.11. The molecule has 0 unspecified atom stereocenters. The van der Waals surface area contributed by atoms with Gasteiger partial charge in [0.15, 0.2) is 0 Å². The first-order valence-corrected chi connectivity index (χ1v) is 8.31. The van der Waals surface area contributed by atoms with Crippen LogP contribution in [0.1, 0.15) is 72.1 Å². The normalized spacial score (nSPS) is 31.6. The van der Waals surface area contributed by atoms with Crippen molar-refractivity contribution in [3.05, 3.63) is 0 Å². The predicted molar refractivity (Wildman–Crippen MR) is 81.2 cm³/mol. The Morgan fingerprint density at radius 2 is 1.63 bits per heavy atom. The van der Waals surface area contributed by atoms with Gasteiger partial charge in [-0.05, 0) is 62.3 Å². The van der Waals surface area contributed by atoms with Gasteiger partial charge in [0.05, 0.1) is 6.61 Å². The Hall–Kier alpha value is -0.0800. The maximum absolute atomic E-state index is 9.63. The molecule has 2 saturated carbocycles. The van der Waals surface area contributed by atoms with Gasteiger partial charge < -0.3 is 10.4 Å². The predicted octanol–water partition coefficient (Wildman–Crippen LogP) is 3.73. The number of aliphatic hydroxyl groups excluding tert-OH is 1. The van der Waals surface area contributed by atoms with E-state index in [4.69, 9.17) is 0 Å². The molecule has 2 N–H and O–H groups in total. The summed E-state index contributed by atoms with van der Waals surface area (Å²) in [6, 6.07) is 0. The van der Waals surface area contributed by atoms with Crippen LogP contribution in [0.25, 0.3) is 0 Å². The molecule has 0 atom stereocenters. The van der Waals surface area contributed by atoms with Crippen LogP contribution in [0.4, 0.5) is 0 Å². The van der Waals surface area contributed by atoms with Crippen LogP contribution in [0.3, 0.4) is 0 Å². The van der Waals surface area contributed by atoms with E-state index in [1.807, 2.05) is 0 Å². The van der Waals surface area contributed by atoms with Crippen molar-refractivity contribution in [3.8, 4) is 0 Å². The first-order valence-electron chi connectivity index (χ1n) is 8.31. The summed E-state index contributed by atoms with van der Waals surface area (Å²) in [5.41, 5.74) is 0.553. The number of hydrogen-bond acceptors (Lipinski definition) is 2. The smallest absolute Gasteiger partial charge is 0.0613 e. The molecule has 2 aliphatic rings. The summed E-state index contributed by atoms with van der Waals surface area (Å²) in [4.78, 5) is 0. The lowest BCUT2D eigenvalue weighted by Crippen LogP contribution is -2.48. The first-order chi connectivity index (χ1) is 8.95. The minimum Gasteiger partial charge on any atom is -0.394 e. The topological polar surface area (TPSA) is 32.3 Å². The molecule has 0 aromatic rings. The lowest BCUT2D eigenvalue weighted by molar-refractivity contribution is 0.127. The lowest BCUT2D eigenvalue weighted by atomic mass is 9.70. The quantitative estimate of drug-likeness (QED) is 0.813. The fourth-order valence-corrected chi connectivity index (χ4v) is 4.04. The van der Waals surface area contributed by atoms with Crippen molar-refractivity contribution in [1.29, 1.82) is 0 Å². The Labute approximate surface area is 119 Å². The van der Waals surface area contributed by atoms with Crippen molar-refractivity contribution in [2.45, 2.75) is 77.7 Å². The number of nitrogens with one attached hydrogen (secondary N) is 1. The molecule has 0 aromatic heterocycles. The molecule has 0 aliphatic heterocycles. The van der Waals surface area contributed by atoms with Crippen LogP contribution in [-0.2, 0) is 0 Å². The Bertz CT molecular complexity index is 267. The first kappa shape index (κ1) is 15.3. The van der Waals surface area contributed by atoms with Crippen molar-refractivity contribution >= 4 is 0 Å². The second kappa shape index (κ2) is 6.13.